The summed E-state index contributed by atoms with van der Waals surface area (Å²) in [5.41, 5.74) is 0. The van der Waals surface area contributed by atoms with Gasteiger partial charge in [-0.3, -0.25) is 0 Å². The highest BCUT2D eigenvalue weighted by Crippen LogP contribution is 2.03. The van der Waals surface area contributed by atoms with E-state index in [9.17, 15) is 0 Å². The van der Waals surface area contributed by atoms with E-state index in [1.54, 1.807) is 0 Å². The molecule has 0 rings (SSSR count). The fraction of sp³-hybridized carbons (Fsp3) is 1.00. The molecule has 13 heavy (non-hydrogen) atoms. The summed E-state index contributed by atoms with van der Waals surface area (Å²) in [6.07, 6.45) is 5.15. The van der Waals surface area contributed by atoms with Crippen LogP contribution < -0.4 is 0 Å². The smallest absolute Gasteiger partial charge is 0.0435 e. The molecule has 80 valence electrons. The Morgan fingerprint density at radius 1 is 1.08 bits per heavy atom. The second-order valence-electron chi connectivity index (χ2n) is 3.79. The first-order chi connectivity index (χ1) is 6.20. The van der Waals surface area contributed by atoms with Crippen LogP contribution in [0.15, 0.2) is 0 Å². The molecule has 0 aromatic heterocycles. The van der Waals surface area contributed by atoms with E-state index in [0.717, 1.165) is 6.54 Å². The largest absolute Gasteiger partial charge is 0.302 e. The van der Waals surface area contributed by atoms with E-state index < -0.39 is 0 Å². The highest BCUT2D eigenvalue weighted by atomic mass is 35.5. The van der Waals surface area contributed by atoms with Gasteiger partial charge >= 0.3 is 0 Å². The third-order valence-electron chi connectivity index (χ3n) is 2.17. The molecule has 2 heteroatoms. The molecule has 0 spiro atoms. The third kappa shape index (κ3) is 8.58. The van der Waals surface area contributed by atoms with Crippen LogP contribution in [-0.4, -0.2) is 29.9 Å². The van der Waals surface area contributed by atoms with Crippen molar-refractivity contribution in [2.45, 2.75) is 51.8 Å². The van der Waals surface area contributed by atoms with E-state index in [4.69, 9.17) is 11.6 Å². The number of unbranched alkanes of at least 4 members (excludes halogenated alkanes) is 2. The van der Waals surface area contributed by atoms with Gasteiger partial charge in [-0.05, 0) is 32.9 Å². The molecule has 0 aliphatic carbocycles. The van der Waals surface area contributed by atoms with E-state index in [2.05, 4.69) is 25.7 Å². The highest BCUT2D eigenvalue weighted by Gasteiger charge is 2.06. The summed E-state index contributed by atoms with van der Waals surface area (Å²) in [5.74, 6) is 0. The Balaban J connectivity index is 3.60. The average molecular weight is 206 g/mol. The Labute approximate surface area is 88.5 Å². The number of rotatable bonds is 8. The normalized spacial score (nSPS) is 13.6. The van der Waals surface area contributed by atoms with E-state index in [-0.39, 0.29) is 5.38 Å². The number of hydrogen-bond acceptors (Lipinski definition) is 1. The molecule has 0 saturated carbocycles. The van der Waals surface area contributed by atoms with E-state index in [0.29, 0.717) is 0 Å². The Bertz CT molecular complexity index is 96.3. The molecule has 0 aliphatic rings. The second kappa shape index (κ2) is 8.83. The molecule has 0 amide bonds. The first-order valence-corrected chi connectivity index (χ1v) is 6.00. The zero-order chi connectivity index (χ0) is 10.1. The van der Waals surface area contributed by atoms with Crippen molar-refractivity contribution in [3.05, 3.63) is 0 Å². The molecule has 0 radical (unpaired) electrons. The Morgan fingerprint density at radius 2 is 1.54 bits per heavy atom. The maximum absolute atomic E-state index is 5.99. The van der Waals surface area contributed by atoms with Crippen molar-refractivity contribution in [3.63, 3.8) is 0 Å². The van der Waals surface area contributed by atoms with Crippen molar-refractivity contribution in [2.75, 3.05) is 19.6 Å². The lowest BCUT2D eigenvalue weighted by Crippen LogP contribution is -2.30. The van der Waals surface area contributed by atoms with Crippen molar-refractivity contribution < 1.29 is 0 Å². The van der Waals surface area contributed by atoms with Crippen LogP contribution >= 0.6 is 11.6 Å². The molecule has 0 saturated heterocycles. The molecule has 1 unspecified atom stereocenters. The van der Waals surface area contributed by atoms with Gasteiger partial charge in [0.25, 0.3) is 0 Å². The van der Waals surface area contributed by atoms with Crippen LogP contribution in [-0.2, 0) is 0 Å². The maximum atomic E-state index is 5.99. The summed E-state index contributed by atoms with van der Waals surface area (Å²) in [7, 11) is 0. The van der Waals surface area contributed by atoms with Crippen LogP contribution in [0, 0.1) is 0 Å². The van der Waals surface area contributed by atoms with Crippen LogP contribution in [0.2, 0.25) is 0 Å². The van der Waals surface area contributed by atoms with Gasteiger partial charge in [0.15, 0.2) is 0 Å². The van der Waals surface area contributed by atoms with Gasteiger partial charge in [0, 0.05) is 11.9 Å². The molecular formula is C11H24ClN. The van der Waals surface area contributed by atoms with Gasteiger partial charge < -0.3 is 4.90 Å². The minimum absolute atomic E-state index is 0.286. The van der Waals surface area contributed by atoms with Gasteiger partial charge in [-0.2, -0.15) is 0 Å². The molecule has 0 N–H and O–H groups in total. The zero-order valence-electron chi connectivity index (χ0n) is 9.35. The number of halogens is 1. The summed E-state index contributed by atoms with van der Waals surface area (Å²) in [4.78, 5) is 2.49. The average Bonchev–Trinajstić information content (AvgIpc) is 2.09. The van der Waals surface area contributed by atoms with Crippen LogP contribution in [0.3, 0.4) is 0 Å². The zero-order valence-corrected chi connectivity index (χ0v) is 10.1. The van der Waals surface area contributed by atoms with Gasteiger partial charge in [0.05, 0.1) is 0 Å². The Kier molecular flexibility index (Phi) is 9.00. The molecular weight excluding hydrogens is 182 g/mol. The summed E-state index contributed by atoms with van der Waals surface area (Å²) in [5, 5.41) is 0.286. The van der Waals surface area contributed by atoms with E-state index >= 15 is 0 Å². The monoisotopic (exact) mass is 205 g/mol. The maximum Gasteiger partial charge on any atom is 0.0435 e. The lowest BCUT2D eigenvalue weighted by atomic mass is 10.2. The Hall–Kier alpha value is 0.250. The number of hydrogen-bond donors (Lipinski definition) is 0. The van der Waals surface area contributed by atoms with E-state index in [1.807, 2.05) is 0 Å². The van der Waals surface area contributed by atoms with Crippen molar-refractivity contribution in [2.24, 2.45) is 0 Å². The molecule has 0 fully saturated rings. The van der Waals surface area contributed by atoms with Gasteiger partial charge in [0.1, 0.15) is 0 Å². The molecule has 1 atom stereocenters. The summed E-state index contributed by atoms with van der Waals surface area (Å²) in [6, 6.07) is 0. The number of alkyl halides is 1. The lowest BCUT2D eigenvalue weighted by Gasteiger charge is -2.22. The highest BCUT2D eigenvalue weighted by molar-refractivity contribution is 6.20. The van der Waals surface area contributed by atoms with Crippen LogP contribution in [0.4, 0.5) is 0 Å². The molecule has 1 nitrogen and oxygen atoms in total. The quantitative estimate of drug-likeness (QED) is 0.549. The minimum atomic E-state index is 0.286. The predicted octanol–water partition coefficient (Wildman–Crippen LogP) is 3.52. The summed E-state index contributed by atoms with van der Waals surface area (Å²) in [6.45, 7) is 10.0. The molecule has 0 aromatic rings. The minimum Gasteiger partial charge on any atom is -0.302 e. The molecule has 0 bridgehead atoms. The number of nitrogens with zero attached hydrogens (tertiary/aromatic N) is 1. The Morgan fingerprint density at radius 3 is 1.85 bits per heavy atom. The fourth-order valence-electron chi connectivity index (χ4n) is 1.41. The molecule has 0 aliphatic heterocycles. The first-order valence-electron chi connectivity index (χ1n) is 5.57. The lowest BCUT2D eigenvalue weighted by molar-refractivity contribution is 0.267. The predicted molar refractivity (Wildman–Crippen MR) is 61.6 cm³/mol. The fourth-order valence-corrected chi connectivity index (χ4v) is 1.61. The van der Waals surface area contributed by atoms with Crippen molar-refractivity contribution in [1.82, 2.24) is 4.90 Å². The third-order valence-corrected chi connectivity index (χ3v) is 2.30. The summed E-state index contributed by atoms with van der Waals surface area (Å²) >= 11 is 5.99. The SMILES string of the molecule is CCCCN(CCCC)CC(C)Cl. The molecule has 0 aromatic carbocycles. The molecule has 0 heterocycles. The van der Waals surface area contributed by atoms with Crippen LogP contribution in [0.5, 0.6) is 0 Å². The second-order valence-corrected chi connectivity index (χ2v) is 4.53. The standard InChI is InChI=1S/C11H24ClN/c1-4-6-8-13(9-7-5-2)10-11(3)12/h11H,4-10H2,1-3H3. The van der Waals surface area contributed by atoms with Crippen LogP contribution in [0.25, 0.3) is 0 Å². The van der Waals surface area contributed by atoms with Gasteiger partial charge in [-0.1, -0.05) is 26.7 Å². The van der Waals surface area contributed by atoms with Crippen molar-refractivity contribution >= 4 is 11.6 Å². The van der Waals surface area contributed by atoms with Crippen molar-refractivity contribution in [3.8, 4) is 0 Å². The van der Waals surface area contributed by atoms with Crippen molar-refractivity contribution in [1.29, 1.82) is 0 Å². The van der Waals surface area contributed by atoms with Gasteiger partial charge in [0.2, 0.25) is 0 Å². The van der Waals surface area contributed by atoms with Gasteiger partial charge in [-0.25, -0.2) is 0 Å². The van der Waals surface area contributed by atoms with E-state index in [1.165, 1.54) is 38.8 Å². The first kappa shape index (κ1) is 13.2. The topological polar surface area (TPSA) is 3.24 Å². The summed E-state index contributed by atoms with van der Waals surface area (Å²) < 4.78 is 0. The van der Waals surface area contributed by atoms with Gasteiger partial charge in [-0.15, -0.1) is 11.6 Å². The van der Waals surface area contributed by atoms with Crippen LogP contribution in [0.1, 0.15) is 46.5 Å².